The number of thiophene rings is 1. The van der Waals surface area contributed by atoms with E-state index >= 15 is 0 Å². The van der Waals surface area contributed by atoms with E-state index in [1.807, 2.05) is 10.8 Å². The molecule has 3 rings (SSSR count). The topological polar surface area (TPSA) is 71.8 Å². The Bertz CT molecular complexity index is 592. The van der Waals surface area contributed by atoms with Gasteiger partial charge in [-0.15, -0.1) is 12.4 Å². The summed E-state index contributed by atoms with van der Waals surface area (Å²) in [6.45, 7) is 2.00. The van der Waals surface area contributed by atoms with Gasteiger partial charge in [-0.3, -0.25) is 10.1 Å². The highest BCUT2D eigenvalue weighted by atomic mass is 35.5. The highest BCUT2D eigenvalue weighted by Gasteiger charge is 2.21. The van der Waals surface area contributed by atoms with Crippen LogP contribution in [0.15, 0.2) is 16.8 Å². The molecule has 1 saturated heterocycles. The molecule has 0 bridgehead atoms. The van der Waals surface area contributed by atoms with E-state index in [4.69, 9.17) is 0 Å². The summed E-state index contributed by atoms with van der Waals surface area (Å²) >= 11 is 1.50. The van der Waals surface area contributed by atoms with Crippen molar-refractivity contribution in [1.29, 1.82) is 0 Å². The van der Waals surface area contributed by atoms with Crippen molar-refractivity contribution >= 4 is 35.6 Å². The number of nitrogens with zero attached hydrogens (tertiary/aromatic N) is 3. The maximum Gasteiger partial charge on any atom is 0.258 e. The number of hydrogen-bond donors (Lipinski definition) is 2. The highest BCUT2D eigenvalue weighted by Crippen LogP contribution is 2.23. The number of rotatable bonds is 3. The van der Waals surface area contributed by atoms with Crippen LogP contribution in [-0.4, -0.2) is 33.8 Å². The molecule has 2 aromatic rings. The summed E-state index contributed by atoms with van der Waals surface area (Å²) in [5.41, 5.74) is 0.654. The summed E-state index contributed by atoms with van der Waals surface area (Å²) < 4.78 is 1.64. The van der Waals surface area contributed by atoms with Crippen molar-refractivity contribution in [3.05, 3.63) is 28.2 Å². The number of aryl methyl sites for hydroxylation is 1. The van der Waals surface area contributed by atoms with Gasteiger partial charge in [0.2, 0.25) is 5.95 Å². The van der Waals surface area contributed by atoms with Crippen molar-refractivity contribution in [3.8, 4) is 0 Å². The zero-order chi connectivity index (χ0) is 13.9. The molecule has 1 aliphatic heterocycles. The average molecular weight is 328 g/mol. The molecule has 1 fully saturated rings. The van der Waals surface area contributed by atoms with E-state index in [0.717, 1.165) is 31.8 Å². The molecule has 0 aliphatic carbocycles. The first-order chi connectivity index (χ1) is 9.74. The quantitative estimate of drug-likeness (QED) is 0.904. The van der Waals surface area contributed by atoms with Crippen LogP contribution in [0.2, 0.25) is 0 Å². The molecule has 0 atom stereocenters. The lowest BCUT2D eigenvalue weighted by molar-refractivity contribution is 0.102. The summed E-state index contributed by atoms with van der Waals surface area (Å²) in [5, 5.41) is 14.3. The van der Waals surface area contributed by atoms with E-state index in [-0.39, 0.29) is 18.3 Å². The first kappa shape index (κ1) is 15.9. The smallest absolute Gasteiger partial charge is 0.258 e. The zero-order valence-electron chi connectivity index (χ0n) is 11.7. The number of hydrogen-bond acceptors (Lipinski definition) is 5. The second kappa shape index (κ2) is 7.02. The van der Waals surface area contributed by atoms with Gasteiger partial charge in [-0.1, -0.05) is 0 Å². The van der Waals surface area contributed by atoms with Gasteiger partial charge in [0.25, 0.3) is 5.91 Å². The van der Waals surface area contributed by atoms with Crippen LogP contribution in [0.25, 0.3) is 0 Å². The fraction of sp³-hybridized carbons (Fsp3) is 0.462. The van der Waals surface area contributed by atoms with Gasteiger partial charge in [0.1, 0.15) is 0 Å². The van der Waals surface area contributed by atoms with E-state index in [9.17, 15) is 4.79 Å². The lowest BCUT2D eigenvalue weighted by atomic mass is 9.98. The first-order valence-electron chi connectivity index (χ1n) is 6.69. The Hall–Kier alpha value is -1.44. The maximum absolute atomic E-state index is 12.0. The molecule has 1 amide bonds. The van der Waals surface area contributed by atoms with Crippen molar-refractivity contribution in [3.63, 3.8) is 0 Å². The van der Waals surface area contributed by atoms with Gasteiger partial charge in [0.05, 0.1) is 5.56 Å². The molecule has 6 nitrogen and oxygen atoms in total. The fourth-order valence-corrected chi connectivity index (χ4v) is 2.97. The Morgan fingerprint density at radius 2 is 2.24 bits per heavy atom. The number of amides is 1. The fourth-order valence-electron chi connectivity index (χ4n) is 2.33. The van der Waals surface area contributed by atoms with E-state index in [1.165, 1.54) is 11.3 Å². The molecule has 0 radical (unpaired) electrons. The van der Waals surface area contributed by atoms with E-state index in [0.29, 0.717) is 17.4 Å². The van der Waals surface area contributed by atoms with Crippen LogP contribution < -0.4 is 10.6 Å². The molecule has 21 heavy (non-hydrogen) atoms. The van der Waals surface area contributed by atoms with Gasteiger partial charge in [-0.05, 0) is 37.4 Å². The maximum atomic E-state index is 12.0. The Kier molecular flexibility index (Phi) is 5.33. The van der Waals surface area contributed by atoms with Gasteiger partial charge in [-0.2, -0.15) is 21.4 Å². The minimum Gasteiger partial charge on any atom is -0.317 e. The molecule has 114 valence electrons. The Balaban J connectivity index is 0.00000161. The number of aromatic nitrogens is 3. The number of anilines is 1. The third-order valence-corrected chi connectivity index (χ3v) is 4.18. The lowest BCUT2D eigenvalue weighted by Crippen LogP contribution is -2.27. The number of carbonyl (C=O) groups is 1. The SMILES string of the molecule is Cl.Cn1nc(C2CCNCC2)nc1NC(=O)c1ccsc1. The lowest BCUT2D eigenvalue weighted by Gasteiger charge is -2.19. The van der Waals surface area contributed by atoms with Crippen LogP contribution in [0.1, 0.15) is 34.9 Å². The van der Waals surface area contributed by atoms with E-state index in [1.54, 1.807) is 17.8 Å². The third-order valence-electron chi connectivity index (χ3n) is 3.49. The van der Waals surface area contributed by atoms with Crippen molar-refractivity contribution in [2.24, 2.45) is 7.05 Å². The normalized spacial score (nSPS) is 15.5. The Morgan fingerprint density at radius 1 is 1.48 bits per heavy atom. The van der Waals surface area contributed by atoms with Crippen LogP contribution in [-0.2, 0) is 7.05 Å². The van der Waals surface area contributed by atoms with Crippen LogP contribution in [0.5, 0.6) is 0 Å². The Labute approximate surface area is 133 Å². The van der Waals surface area contributed by atoms with Gasteiger partial charge in [-0.25, -0.2) is 4.68 Å². The molecule has 0 saturated carbocycles. The summed E-state index contributed by atoms with van der Waals surface area (Å²) in [7, 11) is 1.81. The predicted octanol–water partition coefficient (Wildman–Crippen LogP) is 2.02. The Morgan fingerprint density at radius 3 is 2.90 bits per heavy atom. The van der Waals surface area contributed by atoms with Gasteiger partial charge >= 0.3 is 0 Å². The largest absolute Gasteiger partial charge is 0.317 e. The minimum absolute atomic E-state index is 0. The van der Waals surface area contributed by atoms with E-state index in [2.05, 4.69) is 20.7 Å². The molecule has 3 heterocycles. The number of nitrogens with one attached hydrogen (secondary N) is 2. The van der Waals surface area contributed by atoms with Crippen LogP contribution >= 0.6 is 23.7 Å². The van der Waals surface area contributed by atoms with E-state index < -0.39 is 0 Å². The number of halogens is 1. The third kappa shape index (κ3) is 3.61. The monoisotopic (exact) mass is 327 g/mol. The van der Waals surface area contributed by atoms with Crippen molar-refractivity contribution < 1.29 is 4.79 Å². The minimum atomic E-state index is -0.140. The first-order valence-corrected chi connectivity index (χ1v) is 7.63. The highest BCUT2D eigenvalue weighted by molar-refractivity contribution is 7.08. The zero-order valence-corrected chi connectivity index (χ0v) is 13.3. The van der Waals surface area contributed by atoms with Gasteiger partial charge in [0.15, 0.2) is 5.82 Å². The van der Waals surface area contributed by atoms with Crippen molar-refractivity contribution in [2.45, 2.75) is 18.8 Å². The summed E-state index contributed by atoms with van der Waals surface area (Å²) in [5.74, 6) is 1.58. The van der Waals surface area contributed by atoms with Crippen molar-refractivity contribution in [2.75, 3.05) is 18.4 Å². The van der Waals surface area contributed by atoms with Crippen molar-refractivity contribution in [1.82, 2.24) is 20.1 Å². The van der Waals surface area contributed by atoms with Gasteiger partial charge in [0, 0.05) is 18.3 Å². The summed E-state index contributed by atoms with van der Waals surface area (Å²) in [6.07, 6.45) is 2.09. The molecule has 8 heteroatoms. The second-order valence-corrected chi connectivity index (χ2v) is 5.69. The van der Waals surface area contributed by atoms with Crippen LogP contribution in [0, 0.1) is 0 Å². The molecular weight excluding hydrogens is 310 g/mol. The molecular formula is C13H18ClN5OS. The number of piperidine rings is 1. The molecule has 1 aliphatic rings. The predicted molar refractivity (Wildman–Crippen MR) is 85.4 cm³/mol. The van der Waals surface area contributed by atoms with Crippen LogP contribution in [0.4, 0.5) is 5.95 Å². The molecule has 2 N–H and O–H groups in total. The van der Waals surface area contributed by atoms with Crippen LogP contribution in [0.3, 0.4) is 0 Å². The molecule has 0 aromatic carbocycles. The second-order valence-electron chi connectivity index (χ2n) is 4.91. The standard InChI is InChI=1S/C13H17N5OS.ClH/c1-18-13(16-12(19)10-4-7-20-8-10)15-11(17-18)9-2-5-14-6-3-9;/h4,7-9,14H,2-3,5-6H2,1H3,(H,15,16,17,19);1H. The summed E-state index contributed by atoms with van der Waals surface area (Å²) in [6, 6.07) is 1.80. The average Bonchev–Trinajstić information content (AvgIpc) is 3.10. The molecule has 0 spiro atoms. The molecule has 2 aromatic heterocycles. The molecule has 0 unspecified atom stereocenters. The number of carbonyl (C=O) groups excluding carboxylic acids is 1. The van der Waals surface area contributed by atoms with Gasteiger partial charge < -0.3 is 5.32 Å². The summed E-state index contributed by atoms with van der Waals surface area (Å²) in [4.78, 5) is 16.5.